The standard InChI is InChI=1S/C12H18N4O3S2/c1-2-3-13-10-11(16-6-9-20-12(16)14-10)21(17,18)15-4-7-19-8-5-15/h6,9,13H,2-5,7-8H2,1H3. The lowest BCUT2D eigenvalue weighted by Crippen LogP contribution is -2.41. The second kappa shape index (κ2) is 5.91. The predicted octanol–water partition coefficient (Wildman–Crippen LogP) is 1.24. The van der Waals surface area contributed by atoms with Gasteiger partial charge >= 0.3 is 0 Å². The van der Waals surface area contributed by atoms with E-state index < -0.39 is 10.0 Å². The molecular formula is C12H18N4O3S2. The van der Waals surface area contributed by atoms with Gasteiger partial charge in [0.2, 0.25) is 0 Å². The Balaban J connectivity index is 2.05. The van der Waals surface area contributed by atoms with Crippen LogP contribution in [0.4, 0.5) is 5.82 Å². The van der Waals surface area contributed by atoms with Gasteiger partial charge in [-0.1, -0.05) is 6.92 Å². The molecule has 0 bridgehead atoms. The Morgan fingerprint density at radius 3 is 2.90 bits per heavy atom. The summed E-state index contributed by atoms with van der Waals surface area (Å²) in [6.07, 6.45) is 2.65. The summed E-state index contributed by atoms with van der Waals surface area (Å²) in [7, 11) is -3.58. The molecule has 2 aromatic heterocycles. The first kappa shape index (κ1) is 14.8. The molecule has 1 saturated heterocycles. The number of ether oxygens (including phenoxy) is 1. The van der Waals surface area contributed by atoms with Crippen LogP contribution < -0.4 is 5.32 Å². The molecule has 1 N–H and O–H groups in total. The van der Waals surface area contributed by atoms with E-state index in [0.717, 1.165) is 6.42 Å². The normalized spacial score (nSPS) is 17.4. The van der Waals surface area contributed by atoms with Crippen LogP contribution in [-0.4, -0.2) is 55.0 Å². The van der Waals surface area contributed by atoms with Crippen molar-refractivity contribution in [3.63, 3.8) is 0 Å². The molecule has 0 aliphatic carbocycles. The number of hydrogen-bond acceptors (Lipinski definition) is 6. The van der Waals surface area contributed by atoms with Gasteiger partial charge < -0.3 is 10.1 Å². The largest absolute Gasteiger partial charge is 0.379 e. The van der Waals surface area contributed by atoms with Crippen LogP contribution in [0.15, 0.2) is 16.6 Å². The van der Waals surface area contributed by atoms with Crippen LogP contribution in [0.5, 0.6) is 0 Å². The van der Waals surface area contributed by atoms with Gasteiger partial charge in [-0.25, -0.2) is 13.4 Å². The van der Waals surface area contributed by atoms with Crippen LogP contribution in [0.3, 0.4) is 0 Å². The molecule has 3 heterocycles. The lowest BCUT2D eigenvalue weighted by atomic mass is 10.5. The lowest BCUT2D eigenvalue weighted by molar-refractivity contribution is 0.0729. The Bertz CT molecular complexity index is 716. The van der Waals surface area contributed by atoms with E-state index in [2.05, 4.69) is 10.3 Å². The van der Waals surface area contributed by atoms with Crippen LogP contribution in [0, 0.1) is 0 Å². The number of hydrogen-bond donors (Lipinski definition) is 1. The van der Waals surface area contributed by atoms with Gasteiger partial charge in [0.1, 0.15) is 0 Å². The highest BCUT2D eigenvalue weighted by Gasteiger charge is 2.32. The molecule has 0 aromatic carbocycles. The fraction of sp³-hybridized carbons (Fsp3) is 0.583. The summed E-state index contributed by atoms with van der Waals surface area (Å²) in [5, 5.41) is 5.19. The van der Waals surface area contributed by atoms with Gasteiger partial charge in [-0.15, -0.1) is 11.3 Å². The third-order valence-corrected chi connectivity index (χ3v) is 6.00. The van der Waals surface area contributed by atoms with Crippen molar-refractivity contribution in [2.24, 2.45) is 0 Å². The van der Waals surface area contributed by atoms with Gasteiger partial charge in [-0.3, -0.25) is 4.40 Å². The molecule has 0 radical (unpaired) electrons. The number of morpholine rings is 1. The Morgan fingerprint density at radius 2 is 2.19 bits per heavy atom. The summed E-state index contributed by atoms with van der Waals surface area (Å²) >= 11 is 1.42. The van der Waals surface area contributed by atoms with E-state index in [1.165, 1.54) is 15.6 Å². The third-order valence-electron chi connectivity index (χ3n) is 3.32. The van der Waals surface area contributed by atoms with Crippen molar-refractivity contribution < 1.29 is 13.2 Å². The topological polar surface area (TPSA) is 75.9 Å². The highest BCUT2D eigenvalue weighted by atomic mass is 32.2. The number of rotatable bonds is 5. The minimum atomic E-state index is -3.58. The number of thiazole rings is 1. The number of nitrogens with zero attached hydrogens (tertiary/aromatic N) is 3. The lowest BCUT2D eigenvalue weighted by Gasteiger charge is -2.26. The van der Waals surface area contributed by atoms with Gasteiger partial charge in [-0.05, 0) is 6.42 Å². The van der Waals surface area contributed by atoms with E-state index in [1.807, 2.05) is 12.3 Å². The van der Waals surface area contributed by atoms with Gasteiger partial charge in [-0.2, -0.15) is 4.31 Å². The molecule has 0 atom stereocenters. The van der Waals surface area contributed by atoms with Gasteiger partial charge in [0.05, 0.1) is 13.2 Å². The molecule has 0 amide bonds. The van der Waals surface area contributed by atoms with Crippen LogP contribution >= 0.6 is 11.3 Å². The number of fused-ring (bicyclic) bond motifs is 1. The quantitative estimate of drug-likeness (QED) is 0.892. The van der Waals surface area contributed by atoms with Crippen LogP contribution in [0.1, 0.15) is 13.3 Å². The predicted molar refractivity (Wildman–Crippen MR) is 81.4 cm³/mol. The van der Waals surface area contributed by atoms with Crippen LogP contribution in [0.2, 0.25) is 0 Å². The first-order valence-corrected chi connectivity index (χ1v) is 9.24. The first-order valence-electron chi connectivity index (χ1n) is 6.92. The zero-order valence-corrected chi connectivity index (χ0v) is 13.4. The highest BCUT2D eigenvalue weighted by Crippen LogP contribution is 2.28. The fourth-order valence-corrected chi connectivity index (χ4v) is 4.68. The molecule has 21 heavy (non-hydrogen) atoms. The van der Waals surface area contributed by atoms with Crippen molar-refractivity contribution in [3.8, 4) is 0 Å². The molecule has 3 rings (SSSR count). The van der Waals surface area contributed by atoms with Crippen LogP contribution in [-0.2, 0) is 14.8 Å². The Hall–Kier alpha value is -1.16. The van der Waals surface area contributed by atoms with Gasteiger partial charge in [0, 0.05) is 31.2 Å². The molecule has 116 valence electrons. The SMILES string of the molecule is CCCNc1nc2sccn2c1S(=O)(=O)N1CCOCC1. The summed E-state index contributed by atoms with van der Waals surface area (Å²) in [5.74, 6) is 0.440. The smallest absolute Gasteiger partial charge is 0.263 e. The van der Waals surface area contributed by atoms with Gasteiger partial charge in [0.15, 0.2) is 15.8 Å². The second-order valence-electron chi connectivity index (χ2n) is 4.76. The molecule has 1 aliphatic rings. The van der Waals surface area contributed by atoms with Crippen molar-refractivity contribution in [3.05, 3.63) is 11.6 Å². The molecule has 7 nitrogen and oxygen atoms in total. The maximum Gasteiger partial charge on any atom is 0.263 e. The zero-order valence-electron chi connectivity index (χ0n) is 11.8. The zero-order chi connectivity index (χ0) is 14.9. The minimum absolute atomic E-state index is 0.231. The third kappa shape index (κ3) is 2.66. The van der Waals surface area contributed by atoms with Crippen molar-refractivity contribution in [2.45, 2.75) is 18.4 Å². The molecule has 2 aromatic rings. The number of aromatic nitrogens is 2. The molecule has 0 unspecified atom stereocenters. The molecule has 9 heteroatoms. The Labute approximate surface area is 127 Å². The van der Waals surface area contributed by atoms with Gasteiger partial charge in [0.25, 0.3) is 10.0 Å². The second-order valence-corrected chi connectivity index (χ2v) is 7.49. The summed E-state index contributed by atoms with van der Waals surface area (Å²) in [5.41, 5.74) is 0. The molecule has 1 fully saturated rings. The summed E-state index contributed by atoms with van der Waals surface area (Å²) in [6, 6.07) is 0. The minimum Gasteiger partial charge on any atom is -0.379 e. The summed E-state index contributed by atoms with van der Waals surface area (Å²) in [6.45, 7) is 4.35. The fourth-order valence-electron chi connectivity index (χ4n) is 2.28. The van der Waals surface area contributed by atoms with Crippen molar-refractivity contribution >= 4 is 32.1 Å². The number of anilines is 1. The van der Waals surface area contributed by atoms with E-state index in [0.29, 0.717) is 43.6 Å². The average molecular weight is 330 g/mol. The van der Waals surface area contributed by atoms with Crippen molar-refractivity contribution in [1.29, 1.82) is 0 Å². The van der Waals surface area contributed by atoms with E-state index in [1.54, 1.807) is 10.6 Å². The summed E-state index contributed by atoms with van der Waals surface area (Å²) in [4.78, 5) is 5.09. The number of nitrogens with one attached hydrogen (secondary N) is 1. The number of sulfonamides is 1. The van der Waals surface area contributed by atoms with E-state index in [9.17, 15) is 8.42 Å². The first-order chi connectivity index (χ1) is 10.1. The van der Waals surface area contributed by atoms with Crippen molar-refractivity contribution in [1.82, 2.24) is 13.7 Å². The van der Waals surface area contributed by atoms with E-state index in [-0.39, 0.29) is 5.03 Å². The Morgan fingerprint density at radius 1 is 1.43 bits per heavy atom. The van der Waals surface area contributed by atoms with Crippen LogP contribution in [0.25, 0.3) is 4.96 Å². The highest BCUT2D eigenvalue weighted by molar-refractivity contribution is 7.89. The summed E-state index contributed by atoms with van der Waals surface area (Å²) < 4.78 is 34.2. The monoisotopic (exact) mass is 330 g/mol. The maximum atomic E-state index is 12.9. The van der Waals surface area contributed by atoms with Crippen molar-refractivity contribution in [2.75, 3.05) is 38.2 Å². The molecule has 0 spiro atoms. The molecule has 0 saturated carbocycles. The van der Waals surface area contributed by atoms with E-state index >= 15 is 0 Å². The average Bonchev–Trinajstić information content (AvgIpc) is 3.06. The number of imidazole rings is 1. The van der Waals surface area contributed by atoms with E-state index in [4.69, 9.17) is 4.74 Å². The maximum absolute atomic E-state index is 12.9. The molecule has 1 aliphatic heterocycles. The molecular weight excluding hydrogens is 312 g/mol. The Kier molecular flexibility index (Phi) is 4.16.